The monoisotopic (exact) mass is 338 g/mol. The van der Waals surface area contributed by atoms with E-state index >= 15 is 0 Å². The molecule has 4 nitrogen and oxygen atoms in total. The van der Waals surface area contributed by atoms with Crippen molar-refractivity contribution >= 4 is 34.9 Å². The second-order valence-corrected chi connectivity index (χ2v) is 6.99. The molecule has 0 bridgehead atoms. The minimum atomic E-state index is -4.62. The van der Waals surface area contributed by atoms with E-state index in [2.05, 4.69) is 5.32 Å². The summed E-state index contributed by atoms with van der Waals surface area (Å²) in [7, 11) is 0. The Morgan fingerprint density at radius 2 is 2.14 bits per heavy atom. The minimum Gasteiger partial charge on any atom is -0.383 e. The van der Waals surface area contributed by atoms with Crippen molar-refractivity contribution < 1.29 is 18.1 Å². The second kappa shape index (κ2) is 6.78. The number of nitrogens with zero attached hydrogens (tertiary/aromatic N) is 1. The van der Waals surface area contributed by atoms with E-state index in [9.17, 15) is 23.3 Å². The summed E-state index contributed by atoms with van der Waals surface area (Å²) in [5, 5.41) is 13.6. The van der Waals surface area contributed by atoms with Crippen molar-refractivity contribution in [2.45, 2.75) is 11.4 Å². The summed E-state index contributed by atoms with van der Waals surface area (Å²) in [6, 6.07) is 2.78. The number of halogens is 3. The van der Waals surface area contributed by atoms with Crippen LogP contribution in [0.2, 0.25) is 0 Å². The van der Waals surface area contributed by atoms with Crippen LogP contribution in [0.15, 0.2) is 18.2 Å². The molecule has 0 aliphatic carbocycles. The maximum Gasteiger partial charge on any atom is 0.418 e. The van der Waals surface area contributed by atoms with Crippen LogP contribution in [0.5, 0.6) is 0 Å². The Morgan fingerprint density at radius 1 is 1.38 bits per heavy atom. The third-order valence-corrected chi connectivity index (χ3v) is 5.77. The molecule has 2 rings (SSSR count). The van der Waals surface area contributed by atoms with Gasteiger partial charge in [-0.25, -0.2) is 0 Å². The lowest BCUT2D eigenvalue weighted by molar-refractivity contribution is -0.385. The molecule has 1 aromatic carbocycles. The van der Waals surface area contributed by atoms with E-state index in [1.54, 1.807) is 23.5 Å². The fourth-order valence-electron chi connectivity index (χ4n) is 1.91. The summed E-state index contributed by atoms with van der Waals surface area (Å²) < 4.78 is 39.0. The van der Waals surface area contributed by atoms with E-state index in [0.717, 1.165) is 29.4 Å². The van der Waals surface area contributed by atoms with Crippen LogP contribution >= 0.6 is 23.5 Å². The zero-order valence-electron chi connectivity index (χ0n) is 10.9. The molecule has 0 aromatic heterocycles. The first-order valence-corrected chi connectivity index (χ1v) is 8.37. The van der Waals surface area contributed by atoms with Gasteiger partial charge in [-0.1, -0.05) is 0 Å². The number of hydrogen-bond donors (Lipinski definition) is 1. The third kappa shape index (κ3) is 4.44. The third-order valence-electron chi connectivity index (χ3n) is 2.92. The van der Waals surface area contributed by atoms with E-state index < -0.39 is 22.4 Å². The molecule has 1 atom stereocenters. The maximum atomic E-state index is 13.0. The van der Waals surface area contributed by atoms with Gasteiger partial charge < -0.3 is 5.32 Å². The minimum absolute atomic E-state index is 0.107. The van der Waals surface area contributed by atoms with Crippen molar-refractivity contribution in [3.8, 4) is 0 Å². The summed E-state index contributed by atoms with van der Waals surface area (Å²) in [5.74, 6) is 2.95. The first-order chi connectivity index (χ1) is 9.88. The van der Waals surface area contributed by atoms with Crippen LogP contribution < -0.4 is 5.32 Å². The predicted molar refractivity (Wildman–Crippen MR) is 80.2 cm³/mol. The molecule has 0 saturated carbocycles. The summed E-state index contributed by atoms with van der Waals surface area (Å²) in [6.07, 6.45) is -4.62. The number of nitro benzene ring substituents is 1. The van der Waals surface area contributed by atoms with Gasteiger partial charge in [-0.15, -0.1) is 0 Å². The highest BCUT2D eigenvalue weighted by Gasteiger charge is 2.35. The fourth-order valence-corrected chi connectivity index (χ4v) is 4.52. The van der Waals surface area contributed by atoms with Crippen LogP contribution in [0.25, 0.3) is 0 Å². The number of thioether (sulfide) groups is 2. The number of alkyl halides is 3. The summed E-state index contributed by atoms with van der Waals surface area (Å²) >= 11 is 3.51. The molecule has 0 radical (unpaired) electrons. The van der Waals surface area contributed by atoms with Gasteiger partial charge in [0.1, 0.15) is 0 Å². The van der Waals surface area contributed by atoms with E-state index in [4.69, 9.17) is 0 Å². The van der Waals surface area contributed by atoms with Gasteiger partial charge in [0.25, 0.3) is 5.69 Å². The summed E-state index contributed by atoms with van der Waals surface area (Å²) in [5.41, 5.74) is -1.66. The molecule has 1 heterocycles. The first-order valence-electron chi connectivity index (χ1n) is 6.17. The van der Waals surface area contributed by atoms with Crippen LogP contribution in [0.1, 0.15) is 5.56 Å². The van der Waals surface area contributed by atoms with Crippen molar-refractivity contribution in [3.63, 3.8) is 0 Å². The zero-order chi connectivity index (χ0) is 15.5. The fraction of sp³-hybridized carbons (Fsp3) is 0.500. The van der Waals surface area contributed by atoms with Gasteiger partial charge in [0, 0.05) is 46.9 Å². The molecule has 116 valence electrons. The number of nitro groups is 1. The molecule has 1 aliphatic heterocycles. The maximum absolute atomic E-state index is 13.0. The van der Waals surface area contributed by atoms with Gasteiger partial charge in [0.2, 0.25) is 0 Å². The van der Waals surface area contributed by atoms with Gasteiger partial charge in [-0.2, -0.15) is 36.7 Å². The van der Waals surface area contributed by atoms with Crippen molar-refractivity contribution in [3.05, 3.63) is 33.9 Å². The Labute approximate surface area is 128 Å². The van der Waals surface area contributed by atoms with E-state index in [0.29, 0.717) is 12.6 Å². The Morgan fingerprint density at radius 3 is 2.71 bits per heavy atom. The standard InChI is InChI=1S/C12H13F3N2O2S2/c13-12(14,15)10-5-8(17(18)19)1-2-11(10)16-6-9-7-20-3-4-21-9/h1-2,5,9,16H,3-4,6-7H2. The molecule has 9 heteroatoms. The van der Waals surface area contributed by atoms with Crippen molar-refractivity contribution in [2.24, 2.45) is 0 Å². The lowest BCUT2D eigenvalue weighted by Gasteiger charge is -2.22. The molecule has 1 aliphatic rings. The lowest BCUT2D eigenvalue weighted by Crippen LogP contribution is -2.24. The molecule has 21 heavy (non-hydrogen) atoms. The second-order valence-electron chi connectivity index (χ2n) is 4.43. The van der Waals surface area contributed by atoms with E-state index in [-0.39, 0.29) is 10.9 Å². The van der Waals surface area contributed by atoms with E-state index in [1.165, 1.54) is 0 Å². The molecular formula is C12H13F3N2O2S2. The van der Waals surface area contributed by atoms with Gasteiger partial charge >= 0.3 is 6.18 Å². The number of nitrogens with one attached hydrogen (secondary N) is 1. The Kier molecular flexibility index (Phi) is 5.26. The highest BCUT2D eigenvalue weighted by molar-refractivity contribution is 8.06. The van der Waals surface area contributed by atoms with Crippen LogP contribution in [0.3, 0.4) is 0 Å². The van der Waals surface area contributed by atoms with Gasteiger partial charge in [0.15, 0.2) is 0 Å². The summed E-state index contributed by atoms with van der Waals surface area (Å²) in [6.45, 7) is 0.415. The normalized spacial score (nSPS) is 19.3. The largest absolute Gasteiger partial charge is 0.418 e. The quantitative estimate of drug-likeness (QED) is 0.667. The van der Waals surface area contributed by atoms with Crippen LogP contribution in [-0.2, 0) is 6.18 Å². The Hall–Kier alpha value is -1.09. The van der Waals surface area contributed by atoms with Gasteiger partial charge in [-0.3, -0.25) is 10.1 Å². The number of non-ortho nitro benzene ring substituents is 1. The molecule has 0 spiro atoms. The molecule has 1 unspecified atom stereocenters. The van der Waals surface area contributed by atoms with Gasteiger partial charge in [-0.05, 0) is 6.07 Å². The highest BCUT2D eigenvalue weighted by Crippen LogP contribution is 2.37. The average molecular weight is 338 g/mol. The molecule has 1 saturated heterocycles. The molecule has 0 amide bonds. The number of benzene rings is 1. The molecule has 1 fully saturated rings. The van der Waals surface area contributed by atoms with Crippen molar-refractivity contribution in [2.75, 3.05) is 29.1 Å². The van der Waals surface area contributed by atoms with Crippen LogP contribution in [-0.4, -0.2) is 34.0 Å². The van der Waals surface area contributed by atoms with Crippen molar-refractivity contribution in [1.29, 1.82) is 0 Å². The van der Waals surface area contributed by atoms with Gasteiger partial charge in [0.05, 0.1) is 10.5 Å². The Bertz CT molecular complexity index is 520. The molecule has 1 aromatic rings. The van der Waals surface area contributed by atoms with Crippen LogP contribution in [0.4, 0.5) is 24.5 Å². The molecular weight excluding hydrogens is 325 g/mol. The van der Waals surface area contributed by atoms with Crippen molar-refractivity contribution in [1.82, 2.24) is 0 Å². The first kappa shape index (κ1) is 16.3. The number of anilines is 1. The topological polar surface area (TPSA) is 55.2 Å². The zero-order valence-corrected chi connectivity index (χ0v) is 12.5. The Balaban J connectivity index is 2.15. The SMILES string of the molecule is O=[N+]([O-])c1ccc(NCC2CSCCS2)c(C(F)(F)F)c1. The smallest absolute Gasteiger partial charge is 0.383 e. The number of hydrogen-bond acceptors (Lipinski definition) is 5. The lowest BCUT2D eigenvalue weighted by atomic mass is 10.1. The molecule has 1 N–H and O–H groups in total. The number of rotatable bonds is 4. The average Bonchev–Trinajstić information content (AvgIpc) is 2.45. The predicted octanol–water partition coefficient (Wildman–Crippen LogP) is 3.87. The highest BCUT2D eigenvalue weighted by atomic mass is 32.2. The summed E-state index contributed by atoms with van der Waals surface area (Å²) in [4.78, 5) is 9.78. The van der Waals surface area contributed by atoms with Crippen LogP contribution in [0, 0.1) is 10.1 Å². The van der Waals surface area contributed by atoms with E-state index in [1.807, 2.05) is 0 Å².